The van der Waals surface area contributed by atoms with Gasteiger partial charge in [-0.2, -0.15) is 0 Å². The van der Waals surface area contributed by atoms with E-state index >= 15 is 0 Å². The fraction of sp³-hybridized carbons (Fsp3) is 0.286. The van der Waals surface area contributed by atoms with E-state index in [9.17, 15) is 9.18 Å². The first-order chi connectivity index (χ1) is 12.2. The Morgan fingerprint density at radius 1 is 1.20 bits per heavy atom. The molecule has 130 valence electrons. The van der Waals surface area contributed by atoms with Gasteiger partial charge in [0, 0.05) is 36.0 Å². The number of carbonyl (C=O) groups is 1. The quantitative estimate of drug-likeness (QED) is 0.600. The average molecular weight is 338 g/mol. The van der Waals surface area contributed by atoms with Crippen LogP contribution < -0.4 is 5.32 Å². The van der Waals surface area contributed by atoms with Gasteiger partial charge in [-0.15, -0.1) is 0 Å². The molecule has 0 aliphatic rings. The van der Waals surface area contributed by atoms with Gasteiger partial charge in [0.15, 0.2) is 0 Å². The molecule has 0 spiro atoms. The van der Waals surface area contributed by atoms with E-state index in [1.807, 2.05) is 36.5 Å². The summed E-state index contributed by atoms with van der Waals surface area (Å²) in [5.74, 6) is -0.477. The number of hydrogen-bond acceptors (Lipinski definition) is 1. The summed E-state index contributed by atoms with van der Waals surface area (Å²) in [7, 11) is 0. The van der Waals surface area contributed by atoms with Crippen molar-refractivity contribution in [2.45, 2.75) is 32.1 Å². The molecule has 1 heterocycles. The van der Waals surface area contributed by atoms with Crippen molar-refractivity contribution in [3.8, 4) is 0 Å². The molecular weight excluding hydrogens is 315 g/mol. The SMILES string of the molecule is CCCCNC(=O)C[C@@H](c1cccc(F)c1)c1c[nH]c2ccccc12. The monoisotopic (exact) mass is 338 g/mol. The van der Waals surface area contributed by atoms with Gasteiger partial charge in [0.25, 0.3) is 0 Å². The summed E-state index contributed by atoms with van der Waals surface area (Å²) in [5, 5.41) is 4.03. The molecule has 0 radical (unpaired) electrons. The predicted octanol–water partition coefficient (Wildman–Crippen LogP) is 4.75. The first kappa shape index (κ1) is 17.2. The number of aromatic amines is 1. The Morgan fingerprint density at radius 3 is 2.84 bits per heavy atom. The molecule has 1 aromatic heterocycles. The van der Waals surface area contributed by atoms with E-state index in [2.05, 4.69) is 17.2 Å². The lowest BCUT2D eigenvalue weighted by molar-refractivity contribution is -0.121. The number of unbranched alkanes of at least 4 members (excludes halogenated alkanes) is 1. The van der Waals surface area contributed by atoms with Crippen LogP contribution in [0, 0.1) is 5.82 Å². The van der Waals surface area contributed by atoms with Crippen LogP contribution in [0.1, 0.15) is 43.2 Å². The minimum absolute atomic E-state index is 0.00649. The van der Waals surface area contributed by atoms with E-state index < -0.39 is 0 Å². The van der Waals surface area contributed by atoms with Crippen molar-refractivity contribution < 1.29 is 9.18 Å². The van der Waals surface area contributed by atoms with Gasteiger partial charge in [0.2, 0.25) is 5.91 Å². The number of hydrogen-bond donors (Lipinski definition) is 2. The van der Waals surface area contributed by atoms with Crippen molar-refractivity contribution in [2.75, 3.05) is 6.54 Å². The average Bonchev–Trinajstić information content (AvgIpc) is 3.04. The Labute approximate surface area is 147 Å². The van der Waals surface area contributed by atoms with E-state index in [1.54, 1.807) is 6.07 Å². The maximum Gasteiger partial charge on any atom is 0.220 e. The number of benzene rings is 2. The zero-order valence-electron chi connectivity index (χ0n) is 14.4. The van der Waals surface area contributed by atoms with Crippen LogP contribution >= 0.6 is 0 Å². The molecule has 1 amide bonds. The highest BCUT2D eigenvalue weighted by Gasteiger charge is 2.21. The molecule has 0 saturated heterocycles. The fourth-order valence-corrected chi connectivity index (χ4v) is 3.18. The number of H-pyrrole nitrogens is 1. The number of carbonyl (C=O) groups excluding carboxylic acids is 1. The van der Waals surface area contributed by atoms with Crippen LogP contribution in [0.3, 0.4) is 0 Å². The number of fused-ring (bicyclic) bond motifs is 1. The molecule has 3 rings (SSSR count). The molecule has 0 aliphatic carbocycles. The number of aromatic nitrogens is 1. The van der Waals surface area contributed by atoms with Crippen LogP contribution in [0.4, 0.5) is 4.39 Å². The minimum atomic E-state index is -0.284. The highest BCUT2D eigenvalue weighted by molar-refractivity contribution is 5.86. The van der Waals surface area contributed by atoms with Crippen molar-refractivity contribution in [3.05, 3.63) is 71.7 Å². The molecule has 2 aromatic carbocycles. The second kappa shape index (κ2) is 7.97. The van der Waals surface area contributed by atoms with Gasteiger partial charge < -0.3 is 10.3 Å². The molecular formula is C21H23FN2O. The van der Waals surface area contributed by atoms with E-state index in [0.29, 0.717) is 13.0 Å². The number of para-hydroxylation sites is 1. The third kappa shape index (κ3) is 4.08. The van der Waals surface area contributed by atoms with Crippen molar-refractivity contribution in [2.24, 2.45) is 0 Å². The van der Waals surface area contributed by atoms with Crippen LogP contribution in [0.25, 0.3) is 10.9 Å². The van der Waals surface area contributed by atoms with Crippen molar-refractivity contribution in [1.29, 1.82) is 0 Å². The normalized spacial score (nSPS) is 12.2. The summed E-state index contributed by atoms with van der Waals surface area (Å²) in [6.07, 6.45) is 4.23. The summed E-state index contributed by atoms with van der Waals surface area (Å²) in [5.41, 5.74) is 2.85. The first-order valence-electron chi connectivity index (χ1n) is 8.77. The third-order valence-electron chi connectivity index (χ3n) is 4.49. The lowest BCUT2D eigenvalue weighted by Crippen LogP contribution is -2.26. The fourth-order valence-electron chi connectivity index (χ4n) is 3.18. The number of halogens is 1. The Kier molecular flexibility index (Phi) is 5.49. The molecule has 1 atom stereocenters. The van der Waals surface area contributed by atoms with Gasteiger partial charge in [-0.1, -0.05) is 43.7 Å². The molecule has 0 bridgehead atoms. The topological polar surface area (TPSA) is 44.9 Å². The van der Waals surface area contributed by atoms with E-state index in [0.717, 1.165) is 34.9 Å². The molecule has 25 heavy (non-hydrogen) atoms. The van der Waals surface area contributed by atoms with E-state index in [-0.39, 0.29) is 17.6 Å². The molecule has 0 fully saturated rings. The molecule has 0 saturated carbocycles. The van der Waals surface area contributed by atoms with Crippen LogP contribution in [0.15, 0.2) is 54.7 Å². The van der Waals surface area contributed by atoms with Crippen molar-refractivity contribution >= 4 is 16.8 Å². The van der Waals surface area contributed by atoms with Gasteiger partial charge in [-0.25, -0.2) is 4.39 Å². The third-order valence-corrected chi connectivity index (χ3v) is 4.49. The lowest BCUT2D eigenvalue weighted by atomic mass is 9.88. The van der Waals surface area contributed by atoms with E-state index in [4.69, 9.17) is 0 Å². The number of amides is 1. The largest absolute Gasteiger partial charge is 0.361 e. The second-order valence-electron chi connectivity index (χ2n) is 6.30. The molecule has 3 aromatic rings. The maximum absolute atomic E-state index is 13.8. The van der Waals surface area contributed by atoms with Gasteiger partial charge in [0.05, 0.1) is 0 Å². The van der Waals surface area contributed by atoms with Crippen LogP contribution in [-0.2, 0) is 4.79 Å². The Balaban J connectivity index is 1.93. The van der Waals surface area contributed by atoms with Gasteiger partial charge >= 0.3 is 0 Å². The van der Waals surface area contributed by atoms with Gasteiger partial charge in [-0.05, 0) is 35.7 Å². The zero-order valence-corrected chi connectivity index (χ0v) is 14.4. The highest BCUT2D eigenvalue weighted by Crippen LogP contribution is 2.33. The smallest absolute Gasteiger partial charge is 0.220 e. The van der Waals surface area contributed by atoms with Crippen LogP contribution in [-0.4, -0.2) is 17.4 Å². The zero-order chi connectivity index (χ0) is 17.6. The standard InChI is InChI=1S/C21H23FN2O/c1-2-3-11-23-21(25)13-18(15-7-6-8-16(22)12-15)19-14-24-20-10-5-4-9-17(19)20/h4-10,12,14,18,24H,2-3,11,13H2,1H3,(H,23,25)/t18-/m0/s1. The Morgan fingerprint density at radius 2 is 2.04 bits per heavy atom. The van der Waals surface area contributed by atoms with Gasteiger partial charge in [0.1, 0.15) is 5.82 Å². The molecule has 0 aliphatic heterocycles. The Hall–Kier alpha value is -2.62. The summed E-state index contributed by atoms with van der Waals surface area (Å²) >= 11 is 0. The number of rotatable bonds is 7. The summed E-state index contributed by atoms with van der Waals surface area (Å²) in [6.45, 7) is 2.77. The van der Waals surface area contributed by atoms with Crippen LogP contribution in [0.5, 0.6) is 0 Å². The predicted molar refractivity (Wildman–Crippen MR) is 99.1 cm³/mol. The number of nitrogens with one attached hydrogen (secondary N) is 2. The summed E-state index contributed by atoms with van der Waals surface area (Å²) < 4.78 is 13.8. The summed E-state index contributed by atoms with van der Waals surface area (Å²) in [6, 6.07) is 14.5. The summed E-state index contributed by atoms with van der Waals surface area (Å²) in [4.78, 5) is 15.7. The molecule has 4 heteroatoms. The van der Waals surface area contributed by atoms with E-state index in [1.165, 1.54) is 12.1 Å². The lowest BCUT2D eigenvalue weighted by Gasteiger charge is -2.17. The highest BCUT2D eigenvalue weighted by atomic mass is 19.1. The van der Waals surface area contributed by atoms with Crippen LogP contribution in [0.2, 0.25) is 0 Å². The molecule has 0 unspecified atom stereocenters. The Bertz CT molecular complexity index is 856. The van der Waals surface area contributed by atoms with Crippen molar-refractivity contribution in [3.63, 3.8) is 0 Å². The second-order valence-corrected chi connectivity index (χ2v) is 6.30. The maximum atomic E-state index is 13.8. The first-order valence-corrected chi connectivity index (χ1v) is 8.77. The molecule has 2 N–H and O–H groups in total. The minimum Gasteiger partial charge on any atom is -0.361 e. The molecule has 3 nitrogen and oxygen atoms in total. The van der Waals surface area contributed by atoms with Gasteiger partial charge in [-0.3, -0.25) is 4.79 Å². The van der Waals surface area contributed by atoms with Crippen molar-refractivity contribution in [1.82, 2.24) is 10.3 Å².